The maximum Gasteiger partial charge on any atom is 0.300 e. The smallest absolute Gasteiger partial charge is 0.300 e. The normalized spacial score (nSPS) is 17.6. The lowest BCUT2D eigenvalue weighted by Gasteiger charge is -2.27. The topological polar surface area (TPSA) is 87.1 Å². The fourth-order valence-electron chi connectivity index (χ4n) is 4.16. The molecule has 0 aromatic heterocycles. The largest absolute Gasteiger partial charge is 0.507 e. The first-order valence-electron chi connectivity index (χ1n) is 11.1. The van der Waals surface area contributed by atoms with Crippen LogP contribution in [0.1, 0.15) is 43.5 Å². The number of Topliss-reactive ketones (excluding diaryl/α,β-unsaturated/α-hetero) is 1. The number of aliphatic hydroxyl groups is 1. The van der Waals surface area contributed by atoms with Gasteiger partial charge in [0.15, 0.2) is 0 Å². The Bertz CT molecular complexity index is 1320. The molecule has 1 aliphatic rings. The van der Waals surface area contributed by atoms with E-state index in [0.29, 0.717) is 16.9 Å². The lowest BCUT2D eigenvalue weighted by atomic mass is 9.85. The van der Waals surface area contributed by atoms with E-state index in [1.54, 1.807) is 24.3 Å². The highest BCUT2D eigenvalue weighted by Gasteiger charge is 2.47. The summed E-state index contributed by atoms with van der Waals surface area (Å²) in [5.41, 5.74) is 1.93. The van der Waals surface area contributed by atoms with Gasteiger partial charge in [-0.3, -0.25) is 14.5 Å². The molecule has 0 saturated carbocycles. The van der Waals surface area contributed by atoms with Crippen molar-refractivity contribution in [3.05, 3.63) is 94.0 Å². The van der Waals surface area contributed by atoms with Crippen molar-refractivity contribution >= 4 is 34.7 Å². The summed E-state index contributed by atoms with van der Waals surface area (Å²) >= 11 is 6.16. The molecule has 1 saturated heterocycles. The van der Waals surface area contributed by atoms with Crippen LogP contribution in [-0.2, 0) is 15.0 Å². The summed E-state index contributed by atoms with van der Waals surface area (Å²) < 4.78 is 5.17. The summed E-state index contributed by atoms with van der Waals surface area (Å²) in [4.78, 5) is 27.8. The van der Waals surface area contributed by atoms with E-state index >= 15 is 0 Å². The fourth-order valence-corrected chi connectivity index (χ4v) is 4.32. The van der Waals surface area contributed by atoms with Gasteiger partial charge in [0.25, 0.3) is 11.7 Å². The number of anilines is 1. The summed E-state index contributed by atoms with van der Waals surface area (Å²) in [6.07, 6.45) is 0. The van der Waals surface area contributed by atoms with Gasteiger partial charge in [-0.2, -0.15) is 0 Å². The van der Waals surface area contributed by atoms with Gasteiger partial charge >= 0.3 is 0 Å². The van der Waals surface area contributed by atoms with Gasteiger partial charge < -0.3 is 14.9 Å². The molecule has 180 valence electrons. The molecule has 1 unspecified atom stereocenters. The summed E-state index contributed by atoms with van der Waals surface area (Å²) in [5, 5.41) is 22.1. The van der Waals surface area contributed by atoms with E-state index in [2.05, 4.69) is 20.8 Å². The van der Waals surface area contributed by atoms with E-state index in [4.69, 9.17) is 16.3 Å². The second kappa shape index (κ2) is 9.12. The standard InChI is InChI=1S/C28H26ClNO5/c1-28(2,3)18-9-5-16(6-10-18)24-23(25(32)17-7-12-20(35-4)13-8-17)26(33)27(34)30(24)21-15-19(29)11-14-22(21)31/h5-15,24,31-32H,1-4H3/b25-23+. The molecule has 7 heteroatoms. The first-order valence-corrected chi connectivity index (χ1v) is 11.4. The van der Waals surface area contributed by atoms with Crippen LogP contribution in [0.25, 0.3) is 5.76 Å². The van der Waals surface area contributed by atoms with Crippen molar-refractivity contribution in [1.82, 2.24) is 0 Å². The monoisotopic (exact) mass is 491 g/mol. The Kier molecular flexibility index (Phi) is 6.34. The summed E-state index contributed by atoms with van der Waals surface area (Å²) in [5.74, 6) is -1.68. The van der Waals surface area contributed by atoms with Crippen LogP contribution in [0.15, 0.2) is 72.3 Å². The number of halogens is 1. The van der Waals surface area contributed by atoms with Crippen molar-refractivity contribution < 1.29 is 24.5 Å². The number of aliphatic hydroxyl groups excluding tert-OH is 1. The maximum absolute atomic E-state index is 13.3. The minimum Gasteiger partial charge on any atom is -0.507 e. The predicted octanol–water partition coefficient (Wildman–Crippen LogP) is 5.98. The van der Waals surface area contributed by atoms with E-state index in [9.17, 15) is 19.8 Å². The number of nitrogens with zero attached hydrogens (tertiary/aromatic N) is 1. The molecule has 1 amide bonds. The third-order valence-corrected chi connectivity index (χ3v) is 6.33. The number of hydrogen-bond donors (Lipinski definition) is 2. The number of phenols is 1. The van der Waals surface area contributed by atoms with Crippen LogP contribution in [0.4, 0.5) is 5.69 Å². The van der Waals surface area contributed by atoms with Gasteiger partial charge in [0.1, 0.15) is 17.3 Å². The number of benzene rings is 3. The van der Waals surface area contributed by atoms with Crippen LogP contribution < -0.4 is 9.64 Å². The zero-order valence-electron chi connectivity index (χ0n) is 19.9. The summed E-state index contributed by atoms with van der Waals surface area (Å²) in [6, 6.07) is 17.3. The first-order chi connectivity index (χ1) is 16.5. The highest BCUT2D eigenvalue weighted by molar-refractivity contribution is 6.52. The lowest BCUT2D eigenvalue weighted by Crippen LogP contribution is -2.29. The number of rotatable bonds is 4. The number of phenolic OH excluding ortho intramolecular Hbond substituents is 1. The Hall–Kier alpha value is -3.77. The number of carbonyl (C=O) groups excluding carboxylic acids is 2. The van der Waals surface area contributed by atoms with Gasteiger partial charge in [0.05, 0.1) is 24.4 Å². The molecule has 1 fully saturated rings. The van der Waals surface area contributed by atoms with E-state index in [1.807, 2.05) is 24.3 Å². The molecule has 0 spiro atoms. The second-order valence-corrected chi connectivity index (χ2v) is 9.84. The number of aromatic hydroxyl groups is 1. The Balaban J connectivity index is 1.94. The Morgan fingerprint density at radius 2 is 1.60 bits per heavy atom. The van der Waals surface area contributed by atoms with Crippen LogP contribution >= 0.6 is 11.6 Å². The Labute approximate surface area is 209 Å². The van der Waals surface area contributed by atoms with Crippen molar-refractivity contribution in [2.45, 2.75) is 32.2 Å². The highest BCUT2D eigenvalue weighted by Crippen LogP contribution is 2.45. The molecule has 35 heavy (non-hydrogen) atoms. The fraction of sp³-hybridized carbons (Fsp3) is 0.214. The van der Waals surface area contributed by atoms with Crippen molar-refractivity contribution in [2.75, 3.05) is 12.0 Å². The summed E-state index contributed by atoms with van der Waals surface area (Å²) in [7, 11) is 1.53. The highest BCUT2D eigenvalue weighted by atomic mass is 35.5. The molecule has 3 aromatic carbocycles. The van der Waals surface area contributed by atoms with Crippen molar-refractivity contribution in [3.8, 4) is 11.5 Å². The Morgan fingerprint density at radius 3 is 2.17 bits per heavy atom. The third kappa shape index (κ3) is 4.49. The number of carbonyl (C=O) groups is 2. The number of ether oxygens (including phenoxy) is 1. The minimum absolute atomic E-state index is 0.0805. The summed E-state index contributed by atoms with van der Waals surface area (Å²) in [6.45, 7) is 6.26. The molecule has 1 atom stereocenters. The molecule has 0 aliphatic carbocycles. The van der Waals surface area contributed by atoms with Gasteiger partial charge in [0.2, 0.25) is 0 Å². The molecule has 6 nitrogen and oxygen atoms in total. The molecule has 2 N–H and O–H groups in total. The van der Waals surface area contributed by atoms with Crippen molar-refractivity contribution in [2.24, 2.45) is 0 Å². The Morgan fingerprint density at radius 1 is 0.971 bits per heavy atom. The van der Waals surface area contributed by atoms with Crippen molar-refractivity contribution in [3.63, 3.8) is 0 Å². The van der Waals surface area contributed by atoms with Crippen molar-refractivity contribution in [1.29, 1.82) is 0 Å². The van der Waals surface area contributed by atoms with Crippen LogP contribution in [0, 0.1) is 0 Å². The van der Waals surface area contributed by atoms with E-state index < -0.39 is 17.7 Å². The van der Waals surface area contributed by atoms with E-state index in [-0.39, 0.29) is 33.2 Å². The minimum atomic E-state index is -0.976. The van der Waals surface area contributed by atoms with Gasteiger partial charge in [-0.25, -0.2) is 0 Å². The van der Waals surface area contributed by atoms with Gasteiger partial charge in [-0.15, -0.1) is 0 Å². The van der Waals surface area contributed by atoms with E-state index in [0.717, 1.165) is 5.56 Å². The molecule has 1 aliphatic heterocycles. The molecular formula is C28H26ClNO5. The van der Waals surface area contributed by atoms with E-state index in [1.165, 1.54) is 30.2 Å². The number of methoxy groups -OCH3 is 1. The zero-order valence-corrected chi connectivity index (χ0v) is 20.6. The third-order valence-electron chi connectivity index (χ3n) is 6.10. The van der Waals surface area contributed by atoms with Crippen LogP contribution in [0.2, 0.25) is 5.02 Å². The average molecular weight is 492 g/mol. The molecular weight excluding hydrogens is 466 g/mol. The van der Waals surface area contributed by atoms with Crippen LogP contribution in [0.3, 0.4) is 0 Å². The number of amides is 1. The van der Waals surface area contributed by atoms with Crippen LogP contribution in [0.5, 0.6) is 11.5 Å². The number of ketones is 1. The first kappa shape index (κ1) is 24.4. The predicted molar refractivity (Wildman–Crippen MR) is 136 cm³/mol. The second-order valence-electron chi connectivity index (χ2n) is 9.40. The zero-order chi connectivity index (χ0) is 25.5. The SMILES string of the molecule is COc1ccc(/C(O)=C2\C(=O)C(=O)N(c3cc(Cl)ccc3O)C2c2ccc(C(C)(C)C)cc2)cc1. The average Bonchev–Trinajstić information content (AvgIpc) is 3.10. The van der Waals surface area contributed by atoms with Gasteiger partial charge in [0, 0.05) is 10.6 Å². The number of hydrogen-bond acceptors (Lipinski definition) is 5. The van der Waals surface area contributed by atoms with Gasteiger partial charge in [-0.1, -0.05) is 56.6 Å². The maximum atomic E-state index is 13.3. The molecule has 0 bridgehead atoms. The lowest BCUT2D eigenvalue weighted by molar-refractivity contribution is -0.132. The molecule has 0 radical (unpaired) electrons. The van der Waals surface area contributed by atoms with Crippen LogP contribution in [-0.4, -0.2) is 29.0 Å². The molecule has 4 rings (SSSR count). The molecule has 1 heterocycles. The molecule has 3 aromatic rings. The van der Waals surface area contributed by atoms with Gasteiger partial charge in [-0.05, 0) is 59.0 Å². The quantitative estimate of drug-likeness (QED) is 0.266.